The number of ether oxygens (including phenoxy) is 1. The van der Waals surface area contributed by atoms with Crippen LogP contribution in [0.4, 0.5) is 0 Å². The minimum atomic E-state index is 0.654. The van der Waals surface area contributed by atoms with Crippen molar-refractivity contribution in [1.29, 1.82) is 0 Å². The van der Waals surface area contributed by atoms with Gasteiger partial charge in [-0.15, -0.1) is 5.10 Å². The van der Waals surface area contributed by atoms with Crippen LogP contribution < -0.4 is 4.74 Å². The van der Waals surface area contributed by atoms with E-state index in [1.807, 2.05) is 6.92 Å². The molecule has 2 rings (SSSR count). The molecule has 2 aromatic rings. The summed E-state index contributed by atoms with van der Waals surface area (Å²) < 4.78 is 5.71. The second-order valence-corrected chi connectivity index (χ2v) is 5.29. The normalized spacial score (nSPS) is 10.6. The number of H-pyrrole nitrogens is 1. The summed E-state index contributed by atoms with van der Waals surface area (Å²) in [6.45, 7) is 6.69. The summed E-state index contributed by atoms with van der Waals surface area (Å²) in [5.41, 5.74) is 2.45. The zero-order valence-electron chi connectivity index (χ0n) is 10.9. The van der Waals surface area contributed by atoms with Crippen LogP contribution in [0.1, 0.15) is 17.0 Å². The molecule has 4 nitrogen and oxygen atoms in total. The molecular weight excluding hydrogens is 246 g/mol. The molecule has 5 heteroatoms. The smallest absolute Gasteiger partial charge is 0.208 e. The number of rotatable bonds is 5. The third kappa shape index (κ3) is 3.77. The maximum absolute atomic E-state index is 5.71. The number of aryl methyl sites for hydroxylation is 3. The number of hydrogen-bond acceptors (Lipinski definition) is 4. The van der Waals surface area contributed by atoms with E-state index in [0.717, 1.165) is 22.5 Å². The van der Waals surface area contributed by atoms with Crippen molar-refractivity contribution in [3.05, 3.63) is 35.2 Å². The Bertz CT molecular complexity index is 504. The summed E-state index contributed by atoms with van der Waals surface area (Å²) in [6.07, 6.45) is 0. The maximum atomic E-state index is 5.71. The topological polar surface area (TPSA) is 50.8 Å². The van der Waals surface area contributed by atoms with Crippen LogP contribution in [0, 0.1) is 20.8 Å². The van der Waals surface area contributed by atoms with E-state index in [2.05, 4.69) is 47.2 Å². The first-order valence-corrected chi connectivity index (χ1v) is 6.85. The zero-order valence-corrected chi connectivity index (χ0v) is 11.7. The summed E-state index contributed by atoms with van der Waals surface area (Å²) in [5, 5.41) is 7.65. The molecule has 0 aliphatic carbocycles. The fourth-order valence-corrected chi connectivity index (χ4v) is 2.36. The van der Waals surface area contributed by atoms with Crippen LogP contribution in [0.2, 0.25) is 0 Å². The molecule has 0 radical (unpaired) electrons. The van der Waals surface area contributed by atoms with E-state index in [9.17, 15) is 0 Å². The lowest BCUT2D eigenvalue weighted by molar-refractivity contribution is 0.343. The number of aromatic nitrogens is 3. The Labute approximate surface area is 111 Å². The molecule has 0 atom stereocenters. The van der Waals surface area contributed by atoms with Crippen molar-refractivity contribution in [3.8, 4) is 5.75 Å². The Balaban J connectivity index is 1.78. The Kier molecular flexibility index (Phi) is 4.25. The standard InChI is InChI=1S/C13H17N3OS/c1-9-6-10(2)8-12(7-9)17-4-5-18-13-14-11(3)15-16-13/h6-8H,4-5H2,1-3H3,(H,14,15,16). The van der Waals surface area contributed by atoms with Crippen LogP contribution in [-0.2, 0) is 0 Å². The van der Waals surface area contributed by atoms with Crippen molar-refractivity contribution in [1.82, 2.24) is 15.2 Å². The minimum absolute atomic E-state index is 0.654. The third-order valence-electron chi connectivity index (χ3n) is 2.36. The molecule has 1 N–H and O–H groups in total. The molecule has 0 bridgehead atoms. The molecule has 0 spiro atoms. The summed E-state index contributed by atoms with van der Waals surface area (Å²) in [6, 6.07) is 6.24. The molecule has 96 valence electrons. The molecule has 0 unspecified atom stereocenters. The van der Waals surface area contributed by atoms with Gasteiger partial charge in [-0.2, -0.15) is 0 Å². The number of aromatic amines is 1. The fraction of sp³-hybridized carbons (Fsp3) is 0.385. The molecule has 1 aromatic heterocycles. The highest BCUT2D eigenvalue weighted by Crippen LogP contribution is 2.17. The first kappa shape index (κ1) is 13.0. The molecule has 0 saturated heterocycles. The van der Waals surface area contributed by atoms with Gasteiger partial charge < -0.3 is 4.74 Å². The van der Waals surface area contributed by atoms with Crippen molar-refractivity contribution in [2.75, 3.05) is 12.4 Å². The van der Waals surface area contributed by atoms with Gasteiger partial charge in [0.1, 0.15) is 11.6 Å². The van der Waals surface area contributed by atoms with E-state index in [1.54, 1.807) is 11.8 Å². The van der Waals surface area contributed by atoms with Gasteiger partial charge in [-0.1, -0.05) is 17.8 Å². The van der Waals surface area contributed by atoms with Gasteiger partial charge >= 0.3 is 0 Å². The van der Waals surface area contributed by atoms with Gasteiger partial charge in [-0.05, 0) is 44.0 Å². The van der Waals surface area contributed by atoms with Gasteiger partial charge in [0.25, 0.3) is 0 Å². The van der Waals surface area contributed by atoms with Gasteiger partial charge in [0.15, 0.2) is 0 Å². The Morgan fingerprint density at radius 2 is 1.89 bits per heavy atom. The molecule has 0 aliphatic rings. The first-order valence-electron chi connectivity index (χ1n) is 5.86. The zero-order chi connectivity index (χ0) is 13.0. The summed E-state index contributed by atoms with van der Waals surface area (Å²) >= 11 is 1.59. The van der Waals surface area contributed by atoms with E-state index < -0.39 is 0 Å². The van der Waals surface area contributed by atoms with E-state index in [1.165, 1.54) is 11.1 Å². The van der Waals surface area contributed by atoms with E-state index in [-0.39, 0.29) is 0 Å². The van der Waals surface area contributed by atoms with Gasteiger partial charge in [0.05, 0.1) is 6.61 Å². The predicted octanol–water partition coefficient (Wildman–Crippen LogP) is 2.90. The number of nitrogens with zero attached hydrogens (tertiary/aromatic N) is 2. The lowest BCUT2D eigenvalue weighted by atomic mass is 10.1. The van der Waals surface area contributed by atoms with Crippen molar-refractivity contribution in [2.24, 2.45) is 0 Å². The van der Waals surface area contributed by atoms with Gasteiger partial charge in [0.2, 0.25) is 5.16 Å². The molecule has 18 heavy (non-hydrogen) atoms. The van der Waals surface area contributed by atoms with Crippen LogP contribution in [0.25, 0.3) is 0 Å². The summed E-state index contributed by atoms with van der Waals surface area (Å²) in [7, 11) is 0. The second-order valence-electron chi connectivity index (χ2n) is 4.22. The molecule has 0 saturated carbocycles. The van der Waals surface area contributed by atoms with E-state index >= 15 is 0 Å². The number of benzene rings is 1. The Morgan fingerprint density at radius 1 is 1.17 bits per heavy atom. The molecule has 0 aliphatic heterocycles. The maximum Gasteiger partial charge on any atom is 0.208 e. The van der Waals surface area contributed by atoms with Crippen LogP contribution in [0.5, 0.6) is 5.75 Å². The molecule has 0 fully saturated rings. The summed E-state index contributed by atoms with van der Waals surface area (Å²) in [4.78, 5) is 4.22. The second kappa shape index (κ2) is 5.91. The molecular formula is C13H17N3OS. The van der Waals surface area contributed by atoms with Crippen molar-refractivity contribution in [2.45, 2.75) is 25.9 Å². The monoisotopic (exact) mass is 263 g/mol. The Hall–Kier alpha value is -1.49. The van der Waals surface area contributed by atoms with Crippen molar-refractivity contribution < 1.29 is 4.74 Å². The average molecular weight is 263 g/mol. The highest BCUT2D eigenvalue weighted by molar-refractivity contribution is 7.99. The third-order valence-corrected chi connectivity index (χ3v) is 3.17. The van der Waals surface area contributed by atoms with E-state index in [4.69, 9.17) is 4.74 Å². The van der Waals surface area contributed by atoms with Gasteiger partial charge in [0, 0.05) is 5.75 Å². The average Bonchev–Trinajstić information content (AvgIpc) is 2.69. The highest BCUT2D eigenvalue weighted by atomic mass is 32.2. The van der Waals surface area contributed by atoms with Crippen molar-refractivity contribution >= 4 is 11.8 Å². The summed E-state index contributed by atoms with van der Waals surface area (Å²) in [5.74, 6) is 2.61. The van der Waals surface area contributed by atoms with Gasteiger partial charge in [-0.25, -0.2) is 4.98 Å². The highest BCUT2D eigenvalue weighted by Gasteiger charge is 2.01. The lowest BCUT2D eigenvalue weighted by Gasteiger charge is -2.07. The Morgan fingerprint density at radius 3 is 2.50 bits per heavy atom. The van der Waals surface area contributed by atoms with Gasteiger partial charge in [-0.3, -0.25) is 5.10 Å². The number of thioether (sulfide) groups is 1. The molecule has 0 amide bonds. The molecule has 1 heterocycles. The number of hydrogen-bond donors (Lipinski definition) is 1. The van der Waals surface area contributed by atoms with Crippen LogP contribution >= 0.6 is 11.8 Å². The van der Waals surface area contributed by atoms with Crippen LogP contribution in [-0.4, -0.2) is 27.5 Å². The quantitative estimate of drug-likeness (QED) is 0.665. The minimum Gasteiger partial charge on any atom is -0.493 e. The van der Waals surface area contributed by atoms with Crippen molar-refractivity contribution in [3.63, 3.8) is 0 Å². The molecule has 1 aromatic carbocycles. The predicted molar refractivity (Wildman–Crippen MR) is 73.3 cm³/mol. The van der Waals surface area contributed by atoms with Crippen LogP contribution in [0.3, 0.4) is 0 Å². The fourth-order valence-electron chi connectivity index (χ4n) is 1.70. The SMILES string of the molecule is Cc1cc(C)cc(OCCSc2n[nH]c(C)n2)c1. The number of nitrogens with one attached hydrogen (secondary N) is 1. The van der Waals surface area contributed by atoms with E-state index in [0.29, 0.717) is 6.61 Å². The van der Waals surface area contributed by atoms with Crippen LogP contribution in [0.15, 0.2) is 23.4 Å². The largest absolute Gasteiger partial charge is 0.493 e. The first-order chi connectivity index (χ1) is 8.63. The lowest BCUT2D eigenvalue weighted by Crippen LogP contribution is -2.00.